The number of aliphatic carboxylic acids is 1. The third kappa shape index (κ3) is 9.45. The maximum Gasteiger partial charge on any atom is 0.322 e. The summed E-state index contributed by atoms with van der Waals surface area (Å²) in [7, 11) is 0. The van der Waals surface area contributed by atoms with Gasteiger partial charge in [-0.25, -0.2) is 0 Å². The second-order valence-electron chi connectivity index (χ2n) is 7.52. The summed E-state index contributed by atoms with van der Waals surface area (Å²) in [5.41, 5.74) is 6.10. The molecule has 0 heterocycles. The molecule has 3 amide bonds. The van der Waals surface area contributed by atoms with Gasteiger partial charge in [-0.2, -0.15) is 0 Å². The number of rotatable bonds is 12. The number of aromatic hydroxyl groups is 1. The number of hydrogen-bond acceptors (Lipinski definition) is 7. The van der Waals surface area contributed by atoms with E-state index in [1.807, 2.05) is 13.8 Å². The van der Waals surface area contributed by atoms with Crippen LogP contribution in [-0.4, -0.2) is 70.3 Å². The standard InChI is InChI=1S/C20H30N4O7/c1-11(2)7-15(23-18(29)14(21)10-25)20(31)24-16(19(30)22-9-17(27)28)8-12-3-5-13(26)6-4-12/h3-6,11,14-16,25-26H,7-10,21H2,1-2H3,(H,22,30)(H,23,29)(H,24,31)(H,27,28). The largest absolute Gasteiger partial charge is 0.508 e. The number of carboxylic acid groups (broad SMARTS) is 1. The molecule has 0 aromatic heterocycles. The first kappa shape index (κ1) is 25.9. The number of aliphatic hydroxyl groups excluding tert-OH is 1. The summed E-state index contributed by atoms with van der Waals surface area (Å²) in [6.45, 7) is 2.46. The lowest BCUT2D eigenvalue weighted by molar-refractivity contribution is -0.138. The number of amides is 3. The Balaban J connectivity index is 3.01. The number of carbonyl (C=O) groups is 4. The Morgan fingerprint density at radius 2 is 1.55 bits per heavy atom. The van der Waals surface area contributed by atoms with Gasteiger partial charge in [0.2, 0.25) is 17.7 Å². The van der Waals surface area contributed by atoms with Crippen molar-refractivity contribution in [2.45, 2.75) is 44.8 Å². The van der Waals surface area contributed by atoms with E-state index < -0.39 is 55.0 Å². The van der Waals surface area contributed by atoms with E-state index in [1.165, 1.54) is 12.1 Å². The zero-order valence-electron chi connectivity index (χ0n) is 17.5. The predicted molar refractivity (Wildman–Crippen MR) is 111 cm³/mol. The van der Waals surface area contributed by atoms with Gasteiger partial charge in [0.05, 0.1) is 6.61 Å². The van der Waals surface area contributed by atoms with Crippen molar-refractivity contribution in [3.63, 3.8) is 0 Å². The van der Waals surface area contributed by atoms with Crippen LogP contribution in [-0.2, 0) is 25.6 Å². The number of phenols is 1. The molecule has 0 aliphatic rings. The minimum Gasteiger partial charge on any atom is -0.508 e. The Bertz CT molecular complexity index is 767. The van der Waals surface area contributed by atoms with Gasteiger partial charge in [-0.15, -0.1) is 0 Å². The molecule has 8 N–H and O–H groups in total. The average Bonchev–Trinajstić information content (AvgIpc) is 2.71. The summed E-state index contributed by atoms with van der Waals surface area (Å²) in [5.74, 6) is -3.29. The number of aliphatic hydroxyl groups is 1. The number of phenolic OH excluding ortho intramolecular Hbond substituents is 1. The van der Waals surface area contributed by atoms with Gasteiger partial charge in [0.25, 0.3) is 0 Å². The first-order chi connectivity index (χ1) is 14.5. The summed E-state index contributed by atoms with van der Waals surface area (Å²) < 4.78 is 0. The molecule has 31 heavy (non-hydrogen) atoms. The van der Waals surface area contributed by atoms with Crippen molar-refractivity contribution in [1.82, 2.24) is 16.0 Å². The molecule has 0 saturated heterocycles. The molecule has 1 aromatic carbocycles. The number of hydrogen-bond donors (Lipinski definition) is 7. The molecule has 1 aromatic rings. The summed E-state index contributed by atoms with van der Waals surface area (Å²) in [5, 5.41) is 34.5. The SMILES string of the molecule is CC(C)CC(NC(=O)C(N)CO)C(=O)NC(Cc1ccc(O)cc1)C(=O)NCC(=O)O. The van der Waals surface area contributed by atoms with E-state index in [0.717, 1.165) is 0 Å². The smallest absolute Gasteiger partial charge is 0.322 e. The molecule has 0 spiro atoms. The fraction of sp³-hybridized carbons (Fsp3) is 0.500. The Labute approximate surface area is 180 Å². The summed E-state index contributed by atoms with van der Waals surface area (Å²) >= 11 is 0. The lowest BCUT2D eigenvalue weighted by Crippen LogP contribution is -2.57. The minimum atomic E-state index is -1.24. The zero-order chi connectivity index (χ0) is 23.6. The maximum atomic E-state index is 12.9. The lowest BCUT2D eigenvalue weighted by atomic mass is 10.0. The Kier molecular flexibility index (Phi) is 10.4. The van der Waals surface area contributed by atoms with E-state index in [1.54, 1.807) is 12.1 Å². The van der Waals surface area contributed by atoms with Crippen LogP contribution >= 0.6 is 0 Å². The summed E-state index contributed by atoms with van der Waals surface area (Å²) in [4.78, 5) is 48.2. The Hall–Kier alpha value is -3.18. The molecule has 0 saturated carbocycles. The molecule has 0 radical (unpaired) electrons. The van der Waals surface area contributed by atoms with Crippen LogP contribution in [0.5, 0.6) is 5.75 Å². The van der Waals surface area contributed by atoms with Crippen LogP contribution in [0.15, 0.2) is 24.3 Å². The van der Waals surface area contributed by atoms with E-state index in [0.29, 0.717) is 5.56 Å². The van der Waals surface area contributed by atoms with Crippen molar-refractivity contribution in [2.24, 2.45) is 11.7 Å². The molecule has 1 rings (SSSR count). The van der Waals surface area contributed by atoms with E-state index in [4.69, 9.17) is 15.9 Å². The third-order valence-corrected chi connectivity index (χ3v) is 4.30. The highest BCUT2D eigenvalue weighted by Crippen LogP contribution is 2.12. The van der Waals surface area contributed by atoms with E-state index >= 15 is 0 Å². The number of carboxylic acids is 1. The van der Waals surface area contributed by atoms with Gasteiger partial charge in [-0.1, -0.05) is 26.0 Å². The Morgan fingerprint density at radius 3 is 2.06 bits per heavy atom. The van der Waals surface area contributed by atoms with Crippen molar-refractivity contribution in [2.75, 3.05) is 13.2 Å². The van der Waals surface area contributed by atoms with Crippen molar-refractivity contribution in [3.8, 4) is 5.75 Å². The minimum absolute atomic E-state index is 0.0118. The normalized spacial score (nSPS) is 13.7. The van der Waals surface area contributed by atoms with Gasteiger partial charge in [-0.05, 0) is 30.0 Å². The molecular weight excluding hydrogens is 408 g/mol. The number of nitrogens with two attached hydrogens (primary N) is 1. The van der Waals surface area contributed by atoms with Gasteiger partial charge in [-0.3, -0.25) is 19.2 Å². The molecule has 3 atom stereocenters. The fourth-order valence-corrected chi connectivity index (χ4v) is 2.70. The van der Waals surface area contributed by atoms with Gasteiger partial charge < -0.3 is 37.0 Å². The van der Waals surface area contributed by atoms with Crippen LogP contribution < -0.4 is 21.7 Å². The van der Waals surface area contributed by atoms with E-state index in [-0.39, 0.29) is 24.5 Å². The van der Waals surface area contributed by atoms with Gasteiger partial charge in [0.15, 0.2) is 0 Å². The second kappa shape index (κ2) is 12.5. The van der Waals surface area contributed by atoms with Crippen LogP contribution in [0.4, 0.5) is 0 Å². The van der Waals surface area contributed by atoms with Gasteiger partial charge >= 0.3 is 5.97 Å². The molecule has 0 bridgehead atoms. The van der Waals surface area contributed by atoms with Crippen LogP contribution in [0.25, 0.3) is 0 Å². The predicted octanol–water partition coefficient (Wildman–Crippen LogP) is -1.53. The first-order valence-corrected chi connectivity index (χ1v) is 9.78. The van der Waals surface area contributed by atoms with E-state index in [2.05, 4.69) is 16.0 Å². The van der Waals surface area contributed by atoms with E-state index in [9.17, 15) is 24.3 Å². The molecule has 0 aliphatic carbocycles. The van der Waals surface area contributed by atoms with Crippen LogP contribution in [0.3, 0.4) is 0 Å². The monoisotopic (exact) mass is 438 g/mol. The topological polar surface area (TPSA) is 191 Å². The van der Waals surface area contributed by atoms with Crippen molar-refractivity contribution in [1.29, 1.82) is 0 Å². The third-order valence-electron chi connectivity index (χ3n) is 4.30. The zero-order valence-corrected chi connectivity index (χ0v) is 17.5. The molecule has 3 unspecified atom stereocenters. The summed E-state index contributed by atoms with van der Waals surface area (Å²) in [6.07, 6.45) is 0.272. The maximum absolute atomic E-state index is 12.9. The summed E-state index contributed by atoms with van der Waals surface area (Å²) in [6, 6.07) is 2.62. The van der Waals surface area contributed by atoms with Crippen molar-refractivity contribution < 1.29 is 34.5 Å². The second-order valence-corrected chi connectivity index (χ2v) is 7.52. The fourth-order valence-electron chi connectivity index (χ4n) is 2.70. The van der Waals surface area contributed by atoms with Crippen LogP contribution in [0.1, 0.15) is 25.8 Å². The van der Waals surface area contributed by atoms with Gasteiger partial charge in [0, 0.05) is 6.42 Å². The Morgan fingerprint density at radius 1 is 0.968 bits per heavy atom. The molecule has 11 nitrogen and oxygen atoms in total. The molecule has 0 aliphatic heterocycles. The quantitative estimate of drug-likeness (QED) is 0.204. The number of benzene rings is 1. The lowest BCUT2D eigenvalue weighted by Gasteiger charge is -2.25. The molecule has 0 fully saturated rings. The molecular formula is C20H30N4O7. The van der Waals surface area contributed by atoms with Crippen molar-refractivity contribution in [3.05, 3.63) is 29.8 Å². The highest BCUT2D eigenvalue weighted by atomic mass is 16.4. The first-order valence-electron chi connectivity index (χ1n) is 9.78. The van der Waals surface area contributed by atoms with Crippen LogP contribution in [0, 0.1) is 5.92 Å². The van der Waals surface area contributed by atoms with Crippen molar-refractivity contribution >= 4 is 23.7 Å². The number of nitrogens with one attached hydrogen (secondary N) is 3. The number of carbonyl (C=O) groups excluding carboxylic acids is 3. The molecule has 11 heteroatoms. The van der Waals surface area contributed by atoms with Crippen LogP contribution in [0.2, 0.25) is 0 Å². The average molecular weight is 438 g/mol. The highest BCUT2D eigenvalue weighted by Gasteiger charge is 2.29. The highest BCUT2D eigenvalue weighted by molar-refractivity contribution is 5.93. The molecule has 172 valence electrons. The van der Waals surface area contributed by atoms with Gasteiger partial charge in [0.1, 0.15) is 30.4 Å².